The molecule has 0 bridgehead atoms. The van der Waals surface area contributed by atoms with Crippen molar-refractivity contribution in [1.82, 2.24) is 0 Å². The highest BCUT2D eigenvalue weighted by Crippen LogP contribution is 2.22. The van der Waals surface area contributed by atoms with Gasteiger partial charge in [0.25, 0.3) is 0 Å². The molecule has 0 saturated carbocycles. The van der Waals surface area contributed by atoms with Crippen molar-refractivity contribution in [3.05, 3.63) is 58.7 Å². The third-order valence-corrected chi connectivity index (χ3v) is 3.46. The lowest BCUT2D eigenvalue weighted by molar-refractivity contribution is 0.0685. The van der Waals surface area contributed by atoms with Crippen LogP contribution in [0.1, 0.15) is 31.8 Å². The van der Waals surface area contributed by atoms with Gasteiger partial charge in [-0.25, -0.2) is 9.59 Å². The van der Waals surface area contributed by atoms with E-state index >= 15 is 0 Å². The highest BCUT2D eigenvalue weighted by molar-refractivity contribution is 5.92. The number of nitrogens with one attached hydrogen (secondary N) is 2. The lowest BCUT2D eigenvalue weighted by atomic mass is 10.1. The summed E-state index contributed by atoms with van der Waals surface area (Å²) < 4.78 is 0. The van der Waals surface area contributed by atoms with Crippen LogP contribution in [-0.2, 0) is 0 Å². The van der Waals surface area contributed by atoms with Crippen molar-refractivity contribution in [1.29, 1.82) is 0 Å². The number of hydrazine groups is 1. The molecular weight excluding hydrogens is 284 g/mol. The van der Waals surface area contributed by atoms with Crippen molar-refractivity contribution in [3.8, 4) is 0 Å². The summed E-state index contributed by atoms with van der Waals surface area (Å²) in [6.07, 6.45) is 0. The molecular formula is C16H16N2O4. The first kappa shape index (κ1) is 15.4. The Bertz CT molecular complexity index is 677. The summed E-state index contributed by atoms with van der Waals surface area (Å²) in [7, 11) is 0. The zero-order valence-corrected chi connectivity index (χ0v) is 12.2. The van der Waals surface area contributed by atoms with E-state index in [2.05, 4.69) is 10.9 Å². The maximum Gasteiger partial charge on any atom is 0.336 e. The van der Waals surface area contributed by atoms with Gasteiger partial charge in [-0.05, 0) is 49.2 Å². The first-order chi connectivity index (χ1) is 10.4. The molecule has 0 aliphatic carbocycles. The molecule has 0 atom stereocenters. The van der Waals surface area contributed by atoms with Gasteiger partial charge in [-0.3, -0.25) is 0 Å². The summed E-state index contributed by atoms with van der Waals surface area (Å²) in [6.45, 7) is 3.40. The standard InChI is InChI=1S/C16H16N2O4/c1-9-11(15(19)20)5-3-7-13(9)17-18-14-8-4-6-12(10(14)2)16(21)22/h3-8,17-18H,1-2H3,(H,19,20)(H,21,22). The van der Waals surface area contributed by atoms with E-state index < -0.39 is 11.9 Å². The zero-order valence-electron chi connectivity index (χ0n) is 12.2. The molecule has 2 aromatic rings. The highest BCUT2D eigenvalue weighted by Gasteiger charge is 2.12. The van der Waals surface area contributed by atoms with Gasteiger partial charge in [0.05, 0.1) is 22.5 Å². The number of rotatable bonds is 5. The summed E-state index contributed by atoms with van der Waals surface area (Å²) in [5.74, 6) is -1.99. The summed E-state index contributed by atoms with van der Waals surface area (Å²) in [5.41, 5.74) is 8.68. The van der Waals surface area contributed by atoms with Gasteiger partial charge in [0.2, 0.25) is 0 Å². The molecule has 0 radical (unpaired) electrons. The molecule has 0 heterocycles. The summed E-state index contributed by atoms with van der Waals surface area (Å²) in [5, 5.41) is 18.2. The second-order valence-electron chi connectivity index (χ2n) is 4.82. The van der Waals surface area contributed by atoms with Crippen LogP contribution in [0, 0.1) is 13.8 Å². The Kier molecular flexibility index (Phi) is 4.31. The first-order valence-electron chi connectivity index (χ1n) is 6.59. The molecule has 0 unspecified atom stereocenters. The lowest BCUT2D eigenvalue weighted by Crippen LogP contribution is -2.13. The number of carbonyl (C=O) groups is 2. The molecule has 0 aliphatic rings. The van der Waals surface area contributed by atoms with Crippen molar-refractivity contribution < 1.29 is 19.8 Å². The third-order valence-electron chi connectivity index (χ3n) is 3.46. The van der Waals surface area contributed by atoms with Crippen LogP contribution in [0.4, 0.5) is 11.4 Å². The minimum absolute atomic E-state index is 0.211. The Balaban J connectivity index is 2.25. The molecule has 22 heavy (non-hydrogen) atoms. The molecule has 4 N–H and O–H groups in total. The van der Waals surface area contributed by atoms with E-state index in [0.717, 1.165) is 0 Å². The maximum atomic E-state index is 11.1. The van der Waals surface area contributed by atoms with E-state index in [0.29, 0.717) is 22.5 Å². The van der Waals surface area contributed by atoms with Crippen molar-refractivity contribution in [2.24, 2.45) is 0 Å². The van der Waals surface area contributed by atoms with E-state index in [-0.39, 0.29) is 11.1 Å². The Morgan fingerprint density at radius 1 is 0.773 bits per heavy atom. The Morgan fingerprint density at radius 2 is 1.14 bits per heavy atom. The number of anilines is 2. The third kappa shape index (κ3) is 3.01. The van der Waals surface area contributed by atoms with Crippen LogP contribution in [0.15, 0.2) is 36.4 Å². The minimum atomic E-state index is -0.995. The Labute approximate surface area is 127 Å². The predicted molar refractivity (Wildman–Crippen MR) is 83.5 cm³/mol. The number of carboxylic acids is 2. The van der Waals surface area contributed by atoms with Crippen LogP contribution in [-0.4, -0.2) is 22.2 Å². The number of hydrogen-bond donors (Lipinski definition) is 4. The first-order valence-corrected chi connectivity index (χ1v) is 6.59. The van der Waals surface area contributed by atoms with Gasteiger partial charge in [-0.2, -0.15) is 0 Å². The van der Waals surface area contributed by atoms with Crippen LogP contribution in [0.5, 0.6) is 0 Å². The second-order valence-corrected chi connectivity index (χ2v) is 4.82. The maximum absolute atomic E-state index is 11.1. The molecule has 0 amide bonds. The SMILES string of the molecule is Cc1c(NNc2cccc(C(=O)O)c2C)cccc1C(=O)O. The molecule has 0 aromatic heterocycles. The van der Waals surface area contributed by atoms with E-state index in [1.165, 1.54) is 12.1 Å². The lowest BCUT2D eigenvalue weighted by Gasteiger charge is -2.15. The van der Waals surface area contributed by atoms with Gasteiger partial charge in [-0.15, -0.1) is 0 Å². The number of benzene rings is 2. The topological polar surface area (TPSA) is 98.7 Å². The quantitative estimate of drug-likeness (QED) is 0.633. The number of aromatic carboxylic acids is 2. The van der Waals surface area contributed by atoms with Crippen molar-refractivity contribution in [2.45, 2.75) is 13.8 Å². The van der Waals surface area contributed by atoms with E-state index in [1.54, 1.807) is 38.1 Å². The van der Waals surface area contributed by atoms with Gasteiger partial charge in [0, 0.05) is 0 Å². The monoisotopic (exact) mass is 300 g/mol. The van der Waals surface area contributed by atoms with Crippen LogP contribution in [0.2, 0.25) is 0 Å². The molecule has 0 fully saturated rings. The van der Waals surface area contributed by atoms with Crippen LogP contribution >= 0.6 is 0 Å². The minimum Gasteiger partial charge on any atom is -0.478 e. The molecule has 0 spiro atoms. The van der Waals surface area contributed by atoms with Gasteiger partial charge >= 0.3 is 11.9 Å². The van der Waals surface area contributed by atoms with E-state index in [9.17, 15) is 9.59 Å². The average molecular weight is 300 g/mol. The largest absolute Gasteiger partial charge is 0.478 e. The molecule has 2 rings (SSSR count). The molecule has 6 heteroatoms. The summed E-state index contributed by atoms with van der Waals surface area (Å²) in [4.78, 5) is 22.2. The molecule has 2 aromatic carbocycles. The zero-order chi connectivity index (χ0) is 16.3. The van der Waals surface area contributed by atoms with Crippen LogP contribution < -0.4 is 10.9 Å². The second kappa shape index (κ2) is 6.17. The fraction of sp³-hybridized carbons (Fsp3) is 0.125. The fourth-order valence-corrected chi connectivity index (χ4v) is 2.14. The van der Waals surface area contributed by atoms with E-state index in [1.807, 2.05) is 0 Å². The Morgan fingerprint density at radius 3 is 1.45 bits per heavy atom. The Hall–Kier alpha value is -3.02. The predicted octanol–water partition coefficient (Wildman–Crippen LogP) is 3.14. The van der Waals surface area contributed by atoms with Crippen molar-refractivity contribution >= 4 is 23.3 Å². The van der Waals surface area contributed by atoms with Crippen molar-refractivity contribution in [3.63, 3.8) is 0 Å². The summed E-state index contributed by atoms with van der Waals surface area (Å²) >= 11 is 0. The van der Waals surface area contributed by atoms with Gasteiger partial charge in [0.1, 0.15) is 0 Å². The molecule has 6 nitrogen and oxygen atoms in total. The highest BCUT2D eigenvalue weighted by atomic mass is 16.4. The number of carboxylic acid groups (broad SMARTS) is 2. The average Bonchev–Trinajstić information content (AvgIpc) is 2.46. The summed E-state index contributed by atoms with van der Waals surface area (Å²) in [6, 6.07) is 9.82. The molecule has 114 valence electrons. The molecule has 0 saturated heterocycles. The van der Waals surface area contributed by atoms with Gasteiger partial charge in [0.15, 0.2) is 0 Å². The van der Waals surface area contributed by atoms with Gasteiger partial charge < -0.3 is 21.1 Å². The fourth-order valence-electron chi connectivity index (χ4n) is 2.14. The van der Waals surface area contributed by atoms with Crippen LogP contribution in [0.3, 0.4) is 0 Å². The number of hydrogen-bond acceptors (Lipinski definition) is 4. The normalized spacial score (nSPS) is 10.1. The van der Waals surface area contributed by atoms with Gasteiger partial charge in [-0.1, -0.05) is 12.1 Å². The van der Waals surface area contributed by atoms with E-state index in [4.69, 9.17) is 10.2 Å². The van der Waals surface area contributed by atoms with Crippen molar-refractivity contribution in [2.75, 3.05) is 10.9 Å². The molecule has 0 aliphatic heterocycles. The van der Waals surface area contributed by atoms with Crippen LogP contribution in [0.25, 0.3) is 0 Å². The smallest absolute Gasteiger partial charge is 0.336 e.